The molecule has 1 fully saturated rings. The lowest BCUT2D eigenvalue weighted by molar-refractivity contribution is -0.268. The largest absolute Gasteiger partial charge is 0.431 e. The quantitative estimate of drug-likeness (QED) is 0.110. The van der Waals surface area contributed by atoms with Crippen LogP contribution in [0, 0.1) is 5.92 Å². The number of carbonyl (C=O) groups is 1. The van der Waals surface area contributed by atoms with Gasteiger partial charge in [-0.1, -0.05) is 163 Å². The molecule has 0 saturated carbocycles. The molecular weight excluding hydrogens is 691 g/mol. The maximum Gasteiger partial charge on any atom is 0.272 e. The van der Waals surface area contributed by atoms with Crippen molar-refractivity contribution in [2.45, 2.75) is 47.6 Å². The van der Waals surface area contributed by atoms with Crippen molar-refractivity contribution in [3.63, 3.8) is 0 Å². The summed E-state index contributed by atoms with van der Waals surface area (Å²) in [4.78, 5) is 16.9. The fraction of sp³-hybridized carbons (Fsp3) is 0.243. The normalized spacial score (nSPS) is 19.6. The van der Waals surface area contributed by atoms with E-state index in [9.17, 15) is 9.90 Å². The summed E-state index contributed by atoms with van der Waals surface area (Å²) in [5, 5.41) is 12.8. The molecule has 0 spiro atoms. The predicted octanol–water partition coefficient (Wildman–Crippen LogP) is 9.07. The Kier molecular flexibility index (Phi) is 11.1. The van der Waals surface area contributed by atoms with E-state index in [1.54, 1.807) is 0 Å². The number of halogens is 3. The predicted molar refractivity (Wildman–Crippen MR) is 190 cm³/mol. The molecule has 1 amide bonds. The molecule has 1 aliphatic heterocycles. The average molecular weight is 724 g/mol. The minimum Gasteiger partial charge on any atom is -0.431 e. The van der Waals surface area contributed by atoms with Crippen molar-refractivity contribution in [3.8, 4) is 22.6 Å². The first kappa shape index (κ1) is 34.5. The fourth-order valence-electron chi connectivity index (χ4n) is 5.48. The zero-order valence-corrected chi connectivity index (χ0v) is 29.0. The number of benzene rings is 4. The van der Waals surface area contributed by atoms with Crippen LogP contribution in [0.5, 0.6) is 0 Å². The van der Waals surface area contributed by atoms with Crippen LogP contribution in [0.1, 0.15) is 41.6 Å². The molecule has 2 heterocycles. The standard InChI is InChI=1S/C37H33Cl3N2O5S/c1-23-30(22-48-36-42-31(26-8-4-2-5-9-26)33(47-36)27-10-6-3-7-11-27)45-34(46-32(23)28-16-14-25(21-43)15-17-28)29-18-12-24(13-19-29)20-41-35(44)37(38,39)40/h2-19,23,30,32,34,43H,20-22H2,1H3,(H,41,44)/t23-,30+,32+,34+/m1/s1. The van der Waals surface area contributed by atoms with Crippen LogP contribution >= 0.6 is 46.6 Å². The van der Waals surface area contributed by atoms with Crippen molar-refractivity contribution in [1.82, 2.24) is 10.3 Å². The summed E-state index contributed by atoms with van der Waals surface area (Å²) >= 11 is 18.5. The maximum atomic E-state index is 12.0. The van der Waals surface area contributed by atoms with Crippen LogP contribution in [0.2, 0.25) is 0 Å². The number of oxazole rings is 1. The summed E-state index contributed by atoms with van der Waals surface area (Å²) in [5.41, 5.74) is 6.17. The topological polar surface area (TPSA) is 93.8 Å². The van der Waals surface area contributed by atoms with E-state index in [4.69, 9.17) is 53.7 Å². The van der Waals surface area contributed by atoms with E-state index in [1.807, 2.05) is 109 Å². The first-order valence-corrected chi connectivity index (χ1v) is 17.5. The summed E-state index contributed by atoms with van der Waals surface area (Å²) in [6.07, 6.45) is -1.18. The Bertz CT molecular complexity index is 1740. The number of carbonyl (C=O) groups excluding carboxylic acids is 1. The van der Waals surface area contributed by atoms with Gasteiger partial charge in [0.2, 0.25) is 0 Å². The lowest BCUT2D eigenvalue weighted by Gasteiger charge is -2.41. The molecule has 48 heavy (non-hydrogen) atoms. The molecule has 0 unspecified atom stereocenters. The number of aliphatic hydroxyl groups is 1. The highest BCUT2D eigenvalue weighted by atomic mass is 35.6. The number of thioether (sulfide) groups is 1. The lowest BCUT2D eigenvalue weighted by atomic mass is 9.91. The fourth-order valence-corrected chi connectivity index (χ4v) is 6.67. The van der Waals surface area contributed by atoms with Gasteiger partial charge in [-0.3, -0.25) is 4.79 Å². The minimum atomic E-state index is -2.03. The molecule has 1 aliphatic rings. The maximum absolute atomic E-state index is 12.0. The van der Waals surface area contributed by atoms with Crippen molar-refractivity contribution in [3.05, 3.63) is 131 Å². The highest BCUT2D eigenvalue weighted by molar-refractivity contribution is 7.99. The van der Waals surface area contributed by atoms with E-state index in [2.05, 4.69) is 12.2 Å². The van der Waals surface area contributed by atoms with Crippen LogP contribution in [0.15, 0.2) is 119 Å². The number of hydrogen-bond acceptors (Lipinski definition) is 7. The minimum absolute atomic E-state index is 0.0257. The van der Waals surface area contributed by atoms with Gasteiger partial charge in [0.15, 0.2) is 12.1 Å². The number of amides is 1. The smallest absolute Gasteiger partial charge is 0.272 e. The van der Waals surface area contributed by atoms with Gasteiger partial charge in [-0.05, 0) is 16.7 Å². The molecule has 0 bridgehead atoms. The SMILES string of the molecule is C[C@@H]1[C@H](CSc2nc(-c3ccccc3)c(-c3ccccc3)o2)O[C@H](c2ccc(CNC(=O)C(Cl)(Cl)Cl)cc2)O[C@@H]1c1ccc(CO)cc1. The summed E-state index contributed by atoms with van der Waals surface area (Å²) in [5.74, 6) is 0.561. The molecule has 4 aromatic carbocycles. The third-order valence-electron chi connectivity index (χ3n) is 8.15. The monoisotopic (exact) mass is 722 g/mol. The lowest BCUT2D eigenvalue weighted by Crippen LogP contribution is -2.38. The number of nitrogens with one attached hydrogen (secondary N) is 1. The second-order valence-electron chi connectivity index (χ2n) is 11.4. The highest BCUT2D eigenvalue weighted by Gasteiger charge is 2.39. The van der Waals surface area contributed by atoms with Gasteiger partial charge in [0.25, 0.3) is 14.9 Å². The van der Waals surface area contributed by atoms with Gasteiger partial charge in [0.1, 0.15) is 5.69 Å². The Morgan fingerprint density at radius 1 is 0.833 bits per heavy atom. The van der Waals surface area contributed by atoms with Gasteiger partial charge >= 0.3 is 0 Å². The zero-order chi connectivity index (χ0) is 33.7. The molecule has 0 radical (unpaired) electrons. The number of alkyl halides is 3. The van der Waals surface area contributed by atoms with E-state index < -0.39 is 16.0 Å². The average Bonchev–Trinajstić information content (AvgIpc) is 3.55. The van der Waals surface area contributed by atoms with Crippen molar-refractivity contribution >= 4 is 52.5 Å². The first-order chi connectivity index (χ1) is 23.2. The zero-order valence-electron chi connectivity index (χ0n) is 25.9. The van der Waals surface area contributed by atoms with Gasteiger partial charge in [-0.15, -0.1) is 0 Å². The summed E-state index contributed by atoms with van der Waals surface area (Å²) in [6, 6.07) is 35.3. The molecule has 248 valence electrons. The first-order valence-electron chi connectivity index (χ1n) is 15.4. The number of aromatic nitrogens is 1. The molecule has 4 atom stereocenters. The van der Waals surface area contributed by atoms with Gasteiger partial charge in [-0.25, -0.2) is 4.98 Å². The highest BCUT2D eigenvalue weighted by Crippen LogP contribution is 2.44. The Morgan fingerprint density at radius 3 is 2.06 bits per heavy atom. The van der Waals surface area contributed by atoms with Crippen LogP contribution in [0.25, 0.3) is 22.6 Å². The Morgan fingerprint density at radius 2 is 1.44 bits per heavy atom. The van der Waals surface area contributed by atoms with E-state index in [-0.39, 0.29) is 31.3 Å². The van der Waals surface area contributed by atoms with Crippen molar-refractivity contribution in [2.24, 2.45) is 5.92 Å². The second kappa shape index (κ2) is 15.5. The van der Waals surface area contributed by atoms with Crippen LogP contribution in [-0.2, 0) is 27.4 Å². The van der Waals surface area contributed by atoms with Crippen LogP contribution < -0.4 is 5.32 Å². The number of nitrogens with zero attached hydrogens (tertiary/aromatic N) is 1. The second-order valence-corrected chi connectivity index (χ2v) is 14.7. The summed E-state index contributed by atoms with van der Waals surface area (Å²) in [7, 11) is 0. The molecule has 1 saturated heterocycles. The third kappa shape index (κ3) is 8.26. The molecule has 5 aromatic rings. The van der Waals surface area contributed by atoms with Crippen molar-refractivity contribution in [1.29, 1.82) is 0 Å². The number of hydrogen-bond donors (Lipinski definition) is 2. The van der Waals surface area contributed by atoms with Crippen molar-refractivity contribution < 1.29 is 23.8 Å². The molecule has 7 nitrogen and oxygen atoms in total. The molecular formula is C37H33Cl3N2O5S. The Hall–Kier alpha value is -3.34. The van der Waals surface area contributed by atoms with E-state index in [0.717, 1.165) is 44.8 Å². The summed E-state index contributed by atoms with van der Waals surface area (Å²) in [6.45, 7) is 2.28. The molecule has 11 heteroatoms. The van der Waals surface area contributed by atoms with E-state index in [0.29, 0.717) is 11.0 Å². The Balaban J connectivity index is 1.24. The van der Waals surface area contributed by atoms with Crippen molar-refractivity contribution in [2.75, 3.05) is 5.75 Å². The molecule has 6 rings (SSSR count). The van der Waals surface area contributed by atoms with E-state index in [1.165, 1.54) is 11.8 Å². The molecule has 2 N–H and O–H groups in total. The third-order valence-corrected chi connectivity index (χ3v) is 9.58. The van der Waals surface area contributed by atoms with Crippen LogP contribution in [0.4, 0.5) is 0 Å². The number of rotatable bonds is 10. The molecule has 0 aliphatic carbocycles. The number of ether oxygens (including phenoxy) is 2. The number of aliphatic hydroxyl groups excluding tert-OH is 1. The van der Waals surface area contributed by atoms with Crippen LogP contribution in [0.3, 0.4) is 0 Å². The van der Waals surface area contributed by atoms with Gasteiger partial charge in [0, 0.05) is 34.9 Å². The van der Waals surface area contributed by atoms with E-state index >= 15 is 0 Å². The van der Waals surface area contributed by atoms with Gasteiger partial charge in [-0.2, -0.15) is 0 Å². The van der Waals surface area contributed by atoms with Gasteiger partial charge < -0.3 is 24.3 Å². The van der Waals surface area contributed by atoms with Crippen LogP contribution in [-0.4, -0.2) is 31.6 Å². The Labute approximate surface area is 298 Å². The molecule has 1 aromatic heterocycles. The van der Waals surface area contributed by atoms with Gasteiger partial charge in [0.05, 0.1) is 18.8 Å². The summed E-state index contributed by atoms with van der Waals surface area (Å²) < 4.78 is 17.6.